The lowest BCUT2D eigenvalue weighted by Crippen LogP contribution is -2.39. The van der Waals surface area contributed by atoms with Gasteiger partial charge < -0.3 is 20.6 Å². The molecule has 1 atom stereocenters. The second-order valence-electron chi connectivity index (χ2n) is 9.57. The first-order valence-electron chi connectivity index (χ1n) is 12.5. The van der Waals surface area contributed by atoms with Gasteiger partial charge in [-0.2, -0.15) is 0 Å². The quantitative estimate of drug-likeness (QED) is 0.512. The van der Waals surface area contributed by atoms with E-state index in [1.165, 1.54) is 5.56 Å². The molecular weight excluding hydrogens is 428 g/mol. The molecule has 0 bridgehead atoms. The highest BCUT2D eigenvalue weighted by molar-refractivity contribution is 5.76. The zero-order valence-electron chi connectivity index (χ0n) is 20.1. The molecule has 1 fully saturated rings. The van der Waals surface area contributed by atoms with Crippen LogP contribution in [0.5, 0.6) is 0 Å². The highest BCUT2D eigenvalue weighted by atomic mass is 16.4. The van der Waals surface area contributed by atoms with E-state index in [1.807, 2.05) is 36.2 Å². The summed E-state index contributed by atoms with van der Waals surface area (Å²) in [5.74, 6) is 0.843. The molecule has 0 saturated carbocycles. The number of benzene rings is 1. The summed E-state index contributed by atoms with van der Waals surface area (Å²) in [6.07, 6.45) is 6.20. The molecule has 7 heteroatoms. The van der Waals surface area contributed by atoms with E-state index in [0.29, 0.717) is 18.8 Å². The Bertz CT molecular complexity index is 984. The van der Waals surface area contributed by atoms with E-state index in [1.54, 1.807) is 0 Å². The Morgan fingerprint density at radius 3 is 2.65 bits per heavy atom. The summed E-state index contributed by atoms with van der Waals surface area (Å²) in [5.41, 5.74) is 4.33. The molecule has 3 N–H and O–H groups in total. The van der Waals surface area contributed by atoms with Crippen molar-refractivity contribution in [1.82, 2.24) is 9.88 Å². The maximum atomic E-state index is 12.8. The van der Waals surface area contributed by atoms with Crippen molar-refractivity contribution < 1.29 is 14.7 Å². The summed E-state index contributed by atoms with van der Waals surface area (Å²) >= 11 is 0. The molecule has 1 aromatic heterocycles. The number of carboxylic acids is 1. The van der Waals surface area contributed by atoms with Gasteiger partial charge in [-0.25, -0.2) is 4.98 Å². The van der Waals surface area contributed by atoms with Gasteiger partial charge >= 0.3 is 5.97 Å². The normalized spacial score (nSPS) is 16.9. The number of aryl methyl sites for hydroxylation is 2. The van der Waals surface area contributed by atoms with Crippen molar-refractivity contribution >= 4 is 23.4 Å². The molecule has 0 radical (unpaired) electrons. The second kappa shape index (κ2) is 11.4. The number of aromatic nitrogens is 1. The van der Waals surface area contributed by atoms with Gasteiger partial charge in [0.15, 0.2) is 0 Å². The van der Waals surface area contributed by atoms with Crippen molar-refractivity contribution in [3.8, 4) is 0 Å². The van der Waals surface area contributed by atoms with Gasteiger partial charge in [0.25, 0.3) is 0 Å². The van der Waals surface area contributed by atoms with Gasteiger partial charge in [-0.3, -0.25) is 9.59 Å². The number of carbonyl (C=O) groups is 2. The maximum Gasteiger partial charge on any atom is 0.303 e. The Balaban J connectivity index is 1.26. The van der Waals surface area contributed by atoms with Gasteiger partial charge in [0.1, 0.15) is 5.82 Å². The minimum atomic E-state index is -0.763. The highest BCUT2D eigenvalue weighted by Gasteiger charge is 2.26. The Hall–Kier alpha value is -3.09. The topological polar surface area (TPSA) is 94.6 Å². The van der Waals surface area contributed by atoms with Crippen LogP contribution in [-0.4, -0.2) is 53.5 Å². The third kappa shape index (κ3) is 6.27. The minimum absolute atomic E-state index is 0.000601. The highest BCUT2D eigenvalue weighted by Crippen LogP contribution is 2.33. The summed E-state index contributed by atoms with van der Waals surface area (Å²) < 4.78 is 0. The lowest BCUT2D eigenvalue weighted by molar-refractivity contribution is -0.137. The molecule has 3 heterocycles. The number of aliphatic carboxylic acids is 1. The van der Waals surface area contributed by atoms with Crippen LogP contribution >= 0.6 is 0 Å². The fourth-order valence-corrected chi connectivity index (χ4v) is 5.19. The predicted octanol–water partition coefficient (Wildman–Crippen LogP) is 4.30. The summed E-state index contributed by atoms with van der Waals surface area (Å²) in [4.78, 5) is 31.0. The lowest BCUT2D eigenvalue weighted by atomic mass is 9.82. The first-order chi connectivity index (χ1) is 16.5. The molecule has 182 valence electrons. The summed E-state index contributed by atoms with van der Waals surface area (Å²) in [6, 6.07) is 12.2. The van der Waals surface area contributed by atoms with Crippen molar-refractivity contribution in [2.45, 2.75) is 57.3 Å². The van der Waals surface area contributed by atoms with Crippen LogP contribution in [0.4, 0.5) is 11.5 Å². The molecule has 1 amide bonds. The fourth-order valence-electron chi connectivity index (χ4n) is 5.19. The van der Waals surface area contributed by atoms with Crippen molar-refractivity contribution in [3.63, 3.8) is 0 Å². The number of anilines is 2. The molecule has 2 aromatic rings. The first-order valence-corrected chi connectivity index (χ1v) is 12.5. The second-order valence-corrected chi connectivity index (χ2v) is 9.57. The van der Waals surface area contributed by atoms with Gasteiger partial charge in [-0.05, 0) is 79.7 Å². The van der Waals surface area contributed by atoms with Crippen LogP contribution in [0.25, 0.3) is 0 Å². The van der Waals surface area contributed by atoms with Crippen LogP contribution in [-0.2, 0) is 22.4 Å². The number of carboxylic acid groups (broad SMARTS) is 1. The van der Waals surface area contributed by atoms with Gasteiger partial charge in [0.2, 0.25) is 5.91 Å². The van der Waals surface area contributed by atoms with Gasteiger partial charge in [0.05, 0.1) is 6.42 Å². The Labute approximate surface area is 202 Å². The number of amides is 1. The third-order valence-corrected chi connectivity index (χ3v) is 7.22. The van der Waals surface area contributed by atoms with E-state index in [9.17, 15) is 14.7 Å². The van der Waals surface area contributed by atoms with Crippen LogP contribution in [0.15, 0.2) is 36.4 Å². The van der Waals surface area contributed by atoms with Crippen LogP contribution in [0.1, 0.15) is 61.3 Å². The zero-order chi connectivity index (χ0) is 23.9. The summed E-state index contributed by atoms with van der Waals surface area (Å²) in [5, 5.41) is 15.9. The van der Waals surface area contributed by atoms with Crippen molar-refractivity contribution in [2.24, 2.45) is 5.92 Å². The average Bonchev–Trinajstić information content (AvgIpc) is 2.87. The SMILES string of the molecule is CNc1ccc(C(CC(=O)O)CC2CCN(C(=O)CCc3ccc4c(n3)NCCC4)CC2)cc1. The first kappa shape index (κ1) is 24.0. The maximum absolute atomic E-state index is 12.8. The Morgan fingerprint density at radius 2 is 1.94 bits per heavy atom. The summed E-state index contributed by atoms with van der Waals surface area (Å²) in [6.45, 7) is 2.47. The largest absolute Gasteiger partial charge is 0.481 e. The number of hydrogen-bond acceptors (Lipinski definition) is 5. The Morgan fingerprint density at radius 1 is 1.18 bits per heavy atom. The van der Waals surface area contributed by atoms with Crippen LogP contribution in [0.3, 0.4) is 0 Å². The zero-order valence-corrected chi connectivity index (χ0v) is 20.1. The van der Waals surface area contributed by atoms with Crippen LogP contribution in [0, 0.1) is 5.92 Å². The summed E-state index contributed by atoms with van der Waals surface area (Å²) in [7, 11) is 1.87. The number of likely N-dealkylation sites (tertiary alicyclic amines) is 1. The van der Waals surface area contributed by atoms with E-state index < -0.39 is 5.97 Å². The van der Waals surface area contributed by atoms with E-state index in [0.717, 1.165) is 74.5 Å². The fraction of sp³-hybridized carbons (Fsp3) is 0.519. The van der Waals surface area contributed by atoms with E-state index >= 15 is 0 Å². The Kier molecular flexibility index (Phi) is 8.03. The number of hydrogen-bond donors (Lipinski definition) is 3. The van der Waals surface area contributed by atoms with E-state index in [-0.39, 0.29) is 18.2 Å². The molecule has 0 aliphatic carbocycles. The number of nitrogens with zero attached hydrogens (tertiary/aromatic N) is 2. The van der Waals surface area contributed by atoms with Crippen molar-refractivity contribution in [3.05, 3.63) is 53.2 Å². The molecule has 2 aliphatic heterocycles. The molecule has 1 unspecified atom stereocenters. The van der Waals surface area contributed by atoms with Crippen LogP contribution in [0.2, 0.25) is 0 Å². The molecule has 1 saturated heterocycles. The molecule has 4 rings (SSSR count). The van der Waals surface area contributed by atoms with E-state index in [2.05, 4.69) is 22.8 Å². The standard InChI is InChI=1S/C27H36N4O3/c1-28-23-7-4-20(5-8-23)22(18-26(33)34)17-19-12-15-31(16-13-19)25(32)11-10-24-9-6-21-3-2-14-29-27(21)30-24/h4-9,19,22,28H,2-3,10-18H2,1H3,(H,29,30)(H,33,34). The number of pyridine rings is 1. The molecule has 0 spiro atoms. The smallest absolute Gasteiger partial charge is 0.303 e. The number of rotatable bonds is 9. The monoisotopic (exact) mass is 464 g/mol. The minimum Gasteiger partial charge on any atom is -0.481 e. The van der Waals surface area contributed by atoms with Crippen LogP contribution < -0.4 is 10.6 Å². The molecular formula is C27H36N4O3. The number of nitrogens with one attached hydrogen (secondary N) is 2. The van der Waals surface area contributed by atoms with Crippen molar-refractivity contribution in [1.29, 1.82) is 0 Å². The number of piperidine rings is 1. The van der Waals surface area contributed by atoms with Gasteiger partial charge in [-0.1, -0.05) is 18.2 Å². The van der Waals surface area contributed by atoms with Gasteiger partial charge in [-0.15, -0.1) is 0 Å². The third-order valence-electron chi connectivity index (χ3n) is 7.22. The molecule has 7 nitrogen and oxygen atoms in total. The van der Waals surface area contributed by atoms with E-state index in [4.69, 9.17) is 4.98 Å². The average molecular weight is 465 g/mol. The number of fused-ring (bicyclic) bond motifs is 1. The number of carbonyl (C=O) groups excluding carboxylic acids is 1. The molecule has 1 aromatic carbocycles. The predicted molar refractivity (Wildman–Crippen MR) is 134 cm³/mol. The molecule has 34 heavy (non-hydrogen) atoms. The molecule has 2 aliphatic rings. The lowest BCUT2D eigenvalue weighted by Gasteiger charge is -2.33. The van der Waals surface area contributed by atoms with Gasteiger partial charge in [0, 0.05) is 44.5 Å². The van der Waals surface area contributed by atoms with Crippen molar-refractivity contribution in [2.75, 3.05) is 37.3 Å².